The molecule has 3 heteroatoms. The van der Waals surface area contributed by atoms with Crippen molar-refractivity contribution in [2.75, 3.05) is 0 Å². The monoisotopic (exact) mass is 297 g/mol. The minimum atomic E-state index is 0.0433. The molecule has 0 aliphatic carbocycles. The average molecular weight is 297 g/mol. The van der Waals surface area contributed by atoms with Crippen LogP contribution in [0.25, 0.3) is 0 Å². The Kier molecular flexibility index (Phi) is 9.98. The summed E-state index contributed by atoms with van der Waals surface area (Å²) in [6.45, 7) is 7.00. The van der Waals surface area contributed by atoms with E-state index in [4.69, 9.17) is 3.87 Å². The molecular formula is C16H14CoO2-2. The number of carbonyl (C=O) groups excluding carboxylic acids is 1. The van der Waals surface area contributed by atoms with Gasteiger partial charge in [-0.3, -0.25) is 6.58 Å². The molecule has 0 unspecified atom stereocenters. The summed E-state index contributed by atoms with van der Waals surface area (Å²) in [6, 6.07) is 18.9. The zero-order valence-electron chi connectivity index (χ0n) is 10.3. The summed E-state index contributed by atoms with van der Waals surface area (Å²) in [5.74, 6) is 0.0433. The first kappa shape index (κ1) is 17.0. The van der Waals surface area contributed by atoms with Crippen LogP contribution >= 0.6 is 0 Å². The predicted octanol–water partition coefficient (Wildman–Crippen LogP) is 3.61. The Labute approximate surface area is 122 Å². The molecule has 2 rings (SSSR count). The fourth-order valence-corrected chi connectivity index (χ4v) is 1.39. The number of Topliss-reactive ketones (excluding diaryl/α,β-unsaturated/α-hetero) is 1. The second kappa shape index (κ2) is 11.1. The SMILES string of the molecule is O=C([CH-]c1ccccc1)c1ccccc1.[CH-]=C.[O]=[Co]. The summed E-state index contributed by atoms with van der Waals surface area (Å²) >= 11 is 2.31. The quantitative estimate of drug-likeness (QED) is 0.640. The van der Waals surface area contributed by atoms with Gasteiger partial charge in [0.05, 0.1) is 0 Å². The van der Waals surface area contributed by atoms with Crippen molar-refractivity contribution in [1.82, 2.24) is 0 Å². The molecule has 0 saturated heterocycles. The van der Waals surface area contributed by atoms with Crippen molar-refractivity contribution in [3.05, 3.63) is 91.4 Å². The van der Waals surface area contributed by atoms with E-state index >= 15 is 0 Å². The van der Waals surface area contributed by atoms with Gasteiger partial charge in [-0.05, 0) is 0 Å². The van der Waals surface area contributed by atoms with E-state index in [0.29, 0.717) is 0 Å². The maximum atomic E-state index is 11.8. The van der Waals surface area contributed by atoms with Gasteiger partial charge in [0.1, 0.15) is 5.78 Å². The first-order valence-corrected chi connectivity index (χ1v) is 5.82. The molecule has 0 radical (unpaired) electrons. The zero-order valence-corrected chi connectivity index (χ0v) is 11.3. The van der Waals surface area contributed by atoms with Crippen molar-refractivity contribution in [1.29, 1.82) is 0 Å². The topological polar surface area (TPSA) is 34.1 Å². The Balaban J connectivity index is 0.000000741. The van der Waals surface area contributed by atoms with Crippen LogP contribution in [0.5, 0.6) is 0 Å². The van der Waals surface area contributed by atoms with E-state index in [1.54, 1.807) is 6.42 Å². The molecule has 0 bridgehead atoms. The number of carbonyl (C=O) groups is 1. The molecule has 2 nitrogen and oxygen atoms in total. The number of rotatable bonds is 3. The van der Waals surface area contributed by atoms with E-state index in [1.165, 1.54) is 0 Å². The number of benzene rings is 2. The van der Waals surface area contributed by atoms with Crippen LogP contribution in [0, 0.1) is 13.0 Å². The van der Waals surface area contributed by atoms with Crippen molar-refractivity contribution in [2.24, 2.45) is 0 Å². The average Bonchev–Trinajstić information content (AvgIpc) is 2.53. The normalized spacial score (nSPS) is 8.05. The van der Waals surface area contributed by atoms with Gasteiger partial charge in [-0.1, -0.05) is 48.4 Å². The molecular weight excluding hydrogens is 283 g/mol. The van der Waals surface area contributed by atoms with Gasteiger partial charge in [0.25, 0.3) is 0 Å². The zero-order chi connectivity index (χ0) is 14.5. The molecule has 0 aliphatic heterocycles. The predicted molar refractivity (Wildman–Crippen MR) is 71.2 cm³/mol. The van der Waals surface area contributed by atoms with Crippen LogP contribution in [0.15, 0.2) is 67.2 Å². The summed E-state index contributed by atoms with van der Waals surface area (Å²) in [6.07, 6.45) is 1.65. The van der Waals surface area contributed by atoms with Gasteiger partial charge in [-0.2, -0.15) is 0 Å². The molecule has 101 valence electrons. The number of ketones is 1. The Bertz CT molecular complexity index is 467. The minimum absolute atomic E-state index is 0.0433. The molecule has 0 heterocycles. The summed E-state index contributed by atoms with van der Waals surface area (Å²) in [5, 5.41) is 0. The van der Waals surface area contributed by atoms with E-state index < -0.39 is 0 Å². The molecule has 0 N–H and O–H groups in total. The fourth-order valence-electron chi connectivity index (χ4n) is 1.39. The van der Waals surface area contributed by atoms with E-state index in [9.17, 15) is 4.79 Å². The van der Waals surface area contributed by atoms with Crippen LogP contribution in [0.3, 0.4) is 0 Å². The van der Waals surface area contributed by atoms with Gasteiger partial charge in [0, 0.05) is 0 Å². The molecule has 0 aliphatic rings. The van der Waals surface area contributed by atoms with Gasteiger partial charge in [0.15, 0.2) is 0 Å². The molecule has 0 saturated carbocycles. The molecule has 2 aromatic rings. The number of hydrogen-bond acceptors (Lipinski definition) is 2. The molecule has 0 atom stereocenters. The third-order valence-electron chi connectivity index (χ3n) is 2.16. The molecule has 0 amide bonds. The van der Waals surface area contributed by atoms with Crippen LogP contribution < -0.4 is 0 Å². The first-order chi connectivity index (χ1) is 9.36. The van der Waals surface area contributed by atoms with Crippen molar-refractivity contribution >= 4 is 5.78 Å². The van der Waals surface area contributed by atoms with Gasteiger partial charge in [0.2, 0.25) is 0 Å². The van der Waals surface area contributed by atoms with E-state index in [-0.39, 0.29) is 5.78 Å². The molecule has 0 spiro atoms. The first-order valence-electron chi connectivity index (χ1n) is 5.40. The van der Waals surface area contributed by atoms with Gasteiger partial charge >= 0.3 is 19.5 Å². The maximum absolute atomic E-state index is 11.8. The summed E-state index contributed by atoms with van der Waals surface area (Å²) in [7, 11) is 0. The standard InChI is InChI=1S/C14H11O.C2H3.Co.O/c15-14(13-9-5-2-6-10-13)11-12-7-3-1-4-8-12;1-2;;/h1-11H;1H,2H2;;/q2*-1;;. The summed E-state index contributed by atoms with van der Waals surface area (Å²) in [4.78, 5) is 11.8. The van der Waals surface area contributed by atoms with Crippen LogP contribution in [-0.4, -0.2) is 5.78 Å². The van der Waals surface area contributed by atoms with Crippen molar-refractivity contribution < 1.29 is 24.3 Å². The fraction of sp³-hybridized carbons (Fsp3) is 0. The van der Waals surface area contributed by atoms with Crippen LogP contribution in [0.2, 0.25) is 0 Å². The van der Waals surface area contributed by atoms with Crippen LogP contribution in [-0.2, 0) is 19.5 Å². The second-order valence-corrected chi connectivity index (χ2v) is 3.29. The molecule has 19 heavy (non-hydrogen) atoms. The van der Waals surface area contributed by atoms with E-state index in [2.05, 4.69) is 28.8 Å². The van der Waals surface area contributed by atoms with Crippen LogP contribution in [0.1, 0.15) is 15.9 Å². The third-order valence-corrected chi connectivity index (χ3v) is 2.16. The third kappa shape index (κ3) is 6.50. The van der Waals surface area contributed by atoms with Crippen molar-refractivity contribution in [2.45, 2.75) is 0 Å². The van der Waals surface area contributed by atoms with Gasteiger partial charge in [-0.25, -0.2) is 0 Å². The van der Waals surface area contributed by atoms with E-state index in [0.717, 1.165) is 11.1 Å². The van der Waals surface area contributed by atoms with E-state index in [1.807, 2.05) is 60.7 Å². The Morgan fingerprint density at radius 2 is 1.32 bits per heavy atom. The van der Waals surface area contributed by atoms with Gasteiger partial charge < -0.3 is 11.4 Å². The van der Waals surface area contributed by atoms with Crippen molar-refractivity contribution in [3.63, 3.8) is 0 Å². The Morgan fingerprint density at radius 1 is 0.895 bits per heavy atom. The second-order valence-electron chi connectivity index (χ2n) is 3.29. The van der Waals surface area contributed by atoms with Gasteiger partial charge in [-0.15, -0.1) is 29.8 Å². The summed E-state index contributed by atoms with van der Waals surface area (Å²) in [5.41, 5.74) is 1.66. The summed E-state index contributed by atoms with van der Waals surface area (Å²) < 4.78 is 7.94. The van der Waals surface area contributed by atoms with Crippen LogP contribution in [0.4, 0.5) is 0 Å². The molecule has 2 aromatic carbocycles. The Hall–Kier alpha value is -1.97. The molecule has 0 fully saturated rings. The van der Waals surface area contributed by atoms with Crippen molar-refractivity contribution in [3.8, 4) is 0 Å². The Morgan fingerprint density at radius 3 is 1.79 bits per heavy atom. The molecule has 0 aromatic heterocycles. The number of hydrogen-bond donors (Lipinski definition) is 0.